The molecule has 1 atom stereocenters. The molecule has 2 N–H and O–H groups in total. The third-order valence-electron chi connectivity index (χ3n) is 3.94. The Hall–Kier alpha value is -1.89. The van der Waals surface area contributed by atoms with Gasteiger partial charge in [-0.3, -0.25) is 14.4 Å². The van der Waals surface area contributed by atoms with E-state index in [2.05, 4.69) is 26.6 Å². The highest BCUT2D eigenvalue weighted by Crippen LogP contribution is 2.28. The van der Waals surface area contributed by atoms with Crippen molar-refractivity contribution in [3.05, 3.63) is 28.2 Å². The fourth-order valence-electron chi connectivity index (χ4n) is 2.57. The summed E-state index contributed by atoms with van der Waals surface area (Å²) >= 11 is 3.43. The normalized spacial score (nSPS) is 17.0. The first-order chi connectivity index (χ1) is 11.4. The van der Waals surface area contributed by atoms with E-state index in [9.17, 15) is 14.4 Å². The first-order valence-corrected chi connectivity index (χ1v) is 8.82. The Balaban J connectivity index is 1.92. The lowest BCUT2D eigenvalue weighted by atomic mass is 10.1. The minimum Gasteiger partial charge on any atom is -0.355 e. The van der Waals surface area contributed by atoms with Crippen LogP contribution >= 0.6 is 15.9 Å². The molecule has 1 aromatic carbocycles. The highest BCUT2D eigenvalue weighted by Gasteiger charge is 2.35. The summed E-state index contributed by atoms with van der Waals surface area (Å²) < 4.78 is 0.977. The number of hydrogen-bond donors (Lipinski definition) is 2. The van der Waals surface area contributed by atoms with Gasteiger partial charge in [0.25, 0.3) is 0 Å². The molecule has 0 aromatic heterocycles. The molecule has 0 aliphatic carbocycles. The fraction of sp³-hybridized carbons (Fsp3) is 0.471. The average Bonchev–Trinajstić information content (AvgIpc) is 2.95. The van der Waals surface area contributed by atoms with Gasteiger partial charge in [0.2, 0.25) is 17.7 Å². The molecule has 24 heavy (non-hydrogen) atoms. The van der Waals surface area contributed by atoms with Gasteiger partial charge < -0.3 is 15.5 Å². The predicted octanol–water partition coefficient (Wildman–Crippen LogP) is 1.75. The molecule has 0 saturated carbocycles. The third-order valence-corrected chi connectivity index (χ3v) is 4.83. The summed E-state index contributed by atoms with van der Waals surface area (Å²) in [6.07, 6.45) is 1.01. The van der Waals surface area contributed by atoms with E-state index in [1.165, 1.54) is 0 Å². The maximum atomic E-state index is 12.2. The lowest BCUT2D eigenvalue weighted by Crippen LogP contribution is -2.40. The van der Waals surface area contributed by atoms with Gasteiger partial charge in [-0.15, -0.1) is 0 Å². The Labute approximate surface area is 150 Å². The Morgan fingerprint density at radius 2 is 2.08 bits per heavy atom. The number of rotatable bonds is 6. The van der Waals surface area contributed by atoms with Crippen LogP contribution in [-0.2, 0) is 14.4 Å². The Kier molecular flexibility index (Phi) is 6.36. The quantitative estimate of drug-likeness (QED) is 0.769. The standard InChI is InChI=1S/C17H22BrN3O3/c1-3-6-19-15(22)9-20-17(24)12-8-16(23)21(10-12)13-4-5-14(18)11(2)7-13/h4-5,7,12H,3,6,8-10H2,1-2H3,(H,19,22)(H,20,24). The number of anilines is 1. The number of carbonyl (C=O) groups is 3. The van der Waals surface area contributed by atoms with Crippen molar-refractivity contribution in [3.8, 4) is 0 Å². The summed E-state index contributed by atoms with van der Waals surface area (Å²) in [4.78, 5) is 37.6. The van der Waals surface area contributed by atoms with E-state index in [0.717, 1.165) is 22.1 Å². The summed E-state index contributed by atoms with van der Waals surface area (Å²) in [6.45, 7) is 4.78. The van der Waals surface area contributed by atoms with Gasteiger partial charge in [0.15, 0.2) is 0 Å². The SMILES string of the molecule is CCCNC(=O)CNC(=O)C1CC(=O)N(c2ccc(Br)c(C)c2)C1. The number of nitrogens with one attached hydrogen (secondary N) is 2. The summed E-state index contributed by atoms with van der Waals surface area (Å²) in [5.74, 6) is -0.978. The Morgan fingerprint density at radius 1 is 1.33 bits per heavy atom. The molecule has 1 aliphatic heterocycles. The van der Waals surface area contributed by atoms with E-state index in [1.54, 1.807) is 4.90 Å². The van der Waals surface area contributed by atoms with Crippen LogP contribution in [-0.4, -0.2) is 37.4 Å². The van der Waals surface area contributed by atoms with E-state index in [1.807, 2.05) is 32.0 Å². The average molecular weight is 396 g/mol. The topological polar surface area (TPSA) is 78.5 Å². The van der Waals surface area contributed by atoms with Crippen LogP contribution in [0.2, 0.25) is 0 Å². The van der Waals surface area contributed by atoms with Crippen molar-refractivity contribution in [3.63, 3.8) is 0 Å². The zero-order chi connectivity index (χ0) is 17.7. The highest BCUT2D eigenvalue weighted by molar-refractivity contribution is 9.10. The molecule has 2 rings (SSSR count). The molecule has 0 radical (unpaired) electrons. The third kappa shape index (κ3) is 4.56. The van der Waals surface area contributed by atoms with Crippen molar-refractivity contribution >= 4 is 39.3 Å². The zero-order valence-electron chi connectivity index (χ0n) is 13.9. The van der Waals surface area contributed by atoms with E-state index >= 15 is 0 Å². The van der Waals surface area contributed by atoms with Crippen molar-refractivity contribution in [1.82, 2.24) is 10.6 Å². The van der Waals surface area contributed by atoms with Gasteiger partial charge in [0.1, 0.15) is 0 Å². The van der Waals surface area contributed by atoms with Crippen molar-refractivity contribution < 1.29 is 14.4 Å². The number of benzene rings is 1. The van der Waals surface area contributed by atoms with Crippen LogP contribution in [0, 0.1) is 12.8 Å². The molecule has 1 fully saturated rings. The maximum Gasteiger partial charge on any atom is 0.239 e. The summed E-state index contributed by atoms with van der Waals surface area (Å²) in [6, 6.07) is 5.66. The first-order valence-electron chi connectivity index (χ1n) is 8.03. The molecule has 0 spiro atoms. The lowest BCUT2D eigenvalue weighted by molar-refractivity contribution is -0.128. The minimum absolute atomic E-state index is 0.0546. The number of aryl methyl sites for hydroxylation is 1. The van der Waals surface area contributed by atoms with Gasteiger partial charge in [0.05, 0.1) is 12.5 Å². The minimum atomic E-state index is -0.430. The summed E-state index contributed by atoms with van der Waals surface area (Å²) in [7, 11) is 0. The largest absolute Gasteiger partial charge is 0.355 e. The molecule has 1 heterocycles. The zero-order valence-corrected chi connectivity index (χ0v) is 15.5. The number of hydrogen-bond acceptors (Lipinski definition) is 3. The van der Waals surface area contributed by atoms with Crippen LogP contribution in [0.5, 0.6) is 0 Å². The van der Waals surface area contributed by atoms with Gasteiger partial charge in [-0.1, -0.05) is 22.9 Å². The molecule has 1 saturated heterocycles. The van der Waals surface area contributed by atoms with Crippen LogP contribution in [0.25, 0.3) is 0 Å². The van der Waals surface area contributed by atoms with Crippen molar-refractivity contribution in [1.29, 1.82) is 0 Å². The van der Waals surface area contributed by atoms with Crippen LogP contribution in [0.4, 0.5) is 5.69 Å². The van der Waals surface area contributed by atoms with Crippen molar-refractivity contribution in [2.24, 2.45) is 5.92 Å². The smallest absolute Gasteiger partial charge is 0.239 e. The number of carbonyl (C=O) groups excluding carboxylic acids is 3. The highest BCUT2D eigenvalue weighted by atomic mass is 79.9. The van der Waals surface area contributed by atoms with Gasteiger partial charge in [0, 0.05) is 29.7 Å². The molecule has 0 bridgehead atoms. The van der Waals surface area contributed by atoms with E-state index in [0.29, 0.717) is 13.1 Å². The monoisotopic (exact) mass is 395 g/mol. The second-order valence-electron chi connectivity index (χ2n) is 5.91. The first kappa shape index (κ1) is 18.4. The van der Waals surface area contributed by atoms with Crippen LogP contribution in [0.3, 0.4) is 0 Å². The number of halogens is 1. The van der Waals surface area contributed by atoms with Gasteiger partial charge in [-0.05, 0) is 37.1 Å². The fourth-order valence-corrected chi connectivity index (χ4v) is 2.81. The molecular formula is C17H22BrN3O3. The van der Waals surface area contributed by atoms with Gasteiger partial charge in [-0.2, -0.15) is 0 Å². The van der Waals surface area contributed by atoms with Gasteiger partial charge in [-0.25, -0.2) is 0 Å². The molecule has 1 aliphatic rings. The van der Waals surface area contributed by atoms with Crippen LogP contribution in [0.1, 0.15) is 25.3 Å². The Bertz CT molecular complexity index is 648. The van der Waals surface area contributed by atoms with Crippen molar-refractivity contribution in [2.45, 2.75) is 26.7 Å². The lowest BCUT2D eigenvalue weighted by Gasteiger charge is -2.17. The number of amides is 3. The van der Waals surface area contributed by atoms with Gasteiger partial charge >= 0.3 is 0 Å². The summed E-state index contributed by atoms with van der Waals surface area (Å²) in [5.41, 5.74) is 1.82. The molecule has 1 aromatic rings. The molecule has 130 valence electrons. The number of nitrogens with zero attached hydrogens (tertiary/aromatic N) is 1. The maximum absolute atomic E-state index is 12.2. The second kappa shape index (κ2) is 8.28. The molecular weight excluding hydrogens is 374 g/mol. The van der Waals surface area contributed by atoms with E-state index in [-0.39, 0.29) is 30.7 Å². The van der Waals surface area contributed by atoms with Crippen LogP contribution in [0.15, 0.2) is 22.7 Å². The van der Waals surface area contributed by atoms with E-state index < -0.39 is 5.92 Å². The van der Waals surface area contributed by atoms with Crippen molar-refractivity contribution in [2.75, 3.05) is 24.5 Å². The molecule has 6 nitrogen and oxygen atoms in total. The summed E-state index contributed by atoms with van der Waals surface area (Å²) in [5, 5.41) is 5.31. The molecule has 1 unspecified atom stereocenters. The second-order valence-corrected chi connectivity index (χ2v) is 6.76. The van der Waals surface area contributed by atoms with E-state index in [4.69, 9.17) is 0 Å². The van der Waals surface area contributed by atoms with Crippen LogP contribution < -0.4 is 15.5 Å². The molecule has 7 heteroatoms. The predicted molar refractivity (Wildman–Crippen MR) is 95.6 cm³/mol. The molecule has 3 amide bonds. The Morgan fingerprint density at radius 3 is 2.75 bits per heavy atom.